The van der Waals surface area contributed by atoms with Crippen LogP contribution in [0.15, 0.2) is 36.4 Å². The quantitative estimate of drug-likeness (QED) is 0.377. The lowest BCUT2D eigenvalue weighted by Crippen LogP contribution is -2.61. The predicted molar refractivity (Wildman–Crippen MR) is 112 cm³/mol. The molecular weight excluding hydrogens is 466 g/mol. The van der Waals surface area contributed by atoms with Crippen molar-refractivity contribution in [2.24, 2.45) is 0 Å². The lowest BCUT2D eigenvalue weighted by molar-refractivity contribution is -0.286. The van der Waals surface area contributed by atoms with Gasteiger partial charge in [0.2, 0.25) is 6.29 Å². The summed E-state index contributed by atoms with van der Waals surface area (Å²) in [7, 11) is 0. The van der Waals surface area contributed by atoms with Crippen molar-refractivity contribution in [2.45, 2.75) is 63.4 Å². The van der Waals surface area contributed by atoms with Crippen molar-refractivity contribution in [3.8, 4) is 11.5 Å². The van der Waals surface area contributed by atoms with Gasteiger partial charge in [-0.1, -0.05) is 23.7 Å². The molecule has 182 valence electrons. The van der Waals surface area contributed by atoms with Crippen molar-refractivity contribution in [1.29, 1.82) is 0 Å². The molecule has 2 aromatic rings. The summed E-state index contributed by atoms with van der Waals surface area (Å²) >= 11 is 6.40. The Labute approximate surface area is 193 Å². The molecule has 2 aromatic carbocycles. The van der Waals surface area contributed by atoms with Gasteiger partial charge < -0.3 is 39.7 Å². The molecule has 11 heteroatoms. The number of rotatable bonds is 8. The fourth-order valence-corrected chi connectivity index (χ4v) is 3.82. The van der Waals surface area contributed by atoms with Gasteiger partial charge in [0.05, 0.1) is 12.7 Å². The summed E-state index contributed by atoms with van der Waals surface area (Å²) in [5, 5.41) is 50.2. The van der Waals surface area contributed by atoms with Crippen molar-refractivity contribution >= 4 is 11.6 Å². The van der Waals surface area contributed by atoms with Gasteiger partial charge in [0.1, 0.15) is 35.9 Å². The first-order valence-electron chi connectivity index (χ1n) is 10.1. The van der Waals surface area contributed by atoms with Crippen LogP contribution < -0.4 is 9.47 Å². The second-order valence-corrected chi connectivity index (χ2v) is 8.12. The highest BCUT2D eigenvalue weighted by Crippen LogP contribution is 2.34. The molecule has 1 fully saturated rings. The molecule has 0 bridgehead atoms. The molecule has 3 rings (SSSR count). The average molecular weight is 491 g/mol. The highest BCUT2D eigenvalue weighted by molar-refractivity contribution is 6.31. The van der Waals surface area contributed by atoms with Crippen LogP contribution in [0.4, 0.5) is 8.78 Å². The van der Waals surface area contributed by atoms with Crippen LogP contribution in [0.3, 0.4) is 0 Å². The van der Waals surface area contributed by atoms with E-state index in [4.69, 9.17) is 21.1 Å². The topological polar surface area (TPSA) is 129 Å². The van der Waals surface area contributed by atoms with E-state index < -0.39 is 43.4 Å². The number of alkyl halides is 2. The minimum absolute atomic E-state index is 0.0117. The minimum atomic E-state index is -2.95. The first kappa shape index (κ1) is 25.6. The van der Waals surface area contributed by atoms with Crippen LogP contribution in [0.2, 0.25) is 5.02 Å². The molecule has 6 atom stereocenters. The van der Waals surface area contributed by atoms with Crippen LogP contribution in [0.1, 0.15) is 23.6 Å². The molecule has 1 saturated heterocycles. The van der Waals surface area contributed by atoms with E-state index in [9.17, 15) is 34.3 Å². The van der Waals surface area contributed by atoms with Gasteiger partial charge in [0.25, 0.3) is 0 Å². The summed E-state index contributed by atoms with van der Waals surface area (Å²) in [6, 6.07) is 8.86. The monoisotopic (exact) mass is 490 g/mol. The lowest BCUT2D eigenvalue weighted by atomic mass is 9.96. The van der Waals surface area contributed by atoms with Gasteiger partial charge in [0.15, 0.2) is 0 Å². The van der Waals surface area contributed by atoms with Crippen LogP contribution in [0.25, 0.3) is 0 Å². The highest BCUT2D eigenvalue weighted by atomic mass is 35.5. The Kier molecular flexibility index (Phi) is 8.46. The molecule has 0 aliphatic carbocycles. The van der Waals surface area contributed by atoms with E-state index in [-0.39, 0.29) is 29.5 Å². The van der Waals surface area contributed by atoms with Gasteiger partial charge in [-0.25, -0.2) is 0 Å². The summed E-state index contributed by atoms with van der Waals surface area (Å²) in [5.74, 6) is 0.110. The Morgan fingerprint density at radius 1 is 1.03 bits per heavy atom. The maximum atomic E-state index is 12.4. The minimum Gasteiger partial charge on any atom is -0.462 e. The zero-order valence-corrected chi connectivity index (χ0v) is 18.3. The van der Waals surface area contributed by atoms with Crippen molar-refractivity contribution in [2.75, 3.05) is 0 Å². The van der Waals surface area contributed by atoms with E-state index in [0.717, 1.165) is 0 Å². The average Bonchev–Trinajstić information content (AvgIpc) is 2.76. The van der Waals surface area contributed by atoms with E-state index >= 15 is 0 Å². The molecule has 0 amide bonds. The Morgan fingerprint density at radius 2 is 1.70 bits per heavy atom. The van der Waals surface area contributed by atoms with Crippen LogP contribution >= 0.6 is 11.6 Å². The lowest BCUT2D eigenvalue weighted by Gasteiger charge is -2.41. The summed E-state index contributed by atoms with van der Waals surface area (Å²) < 4.78 is 40.4. The molecular formula is C22H25ClF2O8. The van der Waals surface area contributed by atoms with E-state index in [1.165, 1.54) is 31.2 Å². The summed E-state index contributed by atoms with van der Waals surface area (Å²) in [6.07, 6.45) is -8.52. The molecule has 5 N–H and O–H groups in total. The molecule has 8 nitrogen and oxygen atoms in total. The molecule has 0 saturated carbocycles. The summed E-state index contributed by atoms with van der Waals surface area (Å²) in [6.45, 7) is -1.95. The number of ether oxygens (including phenoxy) is 3. The third-order valence-corrected chi connectivity index (χ3v) is 5.59. The van der Waals surface area contributed by atoms with Gasteiger partial charge in [-0.05, 0) is 42.3 Å². The van der Waals surface area contributed by atoms with Crippen LogP contribution in [0, 0.1) is 0 Å². The van der Waals surface area contributed by atoms with E-state index in [1.54, 1.807) is 12.1 Å². The smallest absolute Gasteiger partial charge is 0.387 e. The fraction of sp³-hybridized carbons (Fsp3) is 0.455. The molecule has 1 aliphatic heterocycles. The van der Waals surface area contributed by atoms with Gasteiger partial charge in [-0.15, -0.1) is 0 Å². The third kappa shape index (κ3) is 6.10. The van der Waals surface area contributed by atoms with Gasteiger partial charge >= 0.3 is 6.61 Å². The van der Waals surface area contributed by atoms with Crippen LogP contribution in [0.5, 0.6) is 11.5 Å². The summed E-state index contributed by atoms with van der Waals surface area (Å²) in [5.41, 5.74) is 1.50. The number of hydrogen-bond donors (Lipinski definition) is 5. The Morgan fingerprint density at radius 3 is 2.27 bits per heavy atom. The zero-order valence-electron chi connectivity index (χ0n) is 17.5. The summed E-state index contributed by atoms with van der Waals surface area (Å²) in [4.78, 5) is 0. The SMILES string of the molecule is CC(O)[C@H]1O[C@@H](Oc2cc(CO)cc(Cl)c2Cc2ccc(OC(F)F)cc2)[C@H](O)[C@@H](O)[C@@H]1O. The largest absolute Gasteiger partial charge is 0.462 e. The Hall–Kier alpha value is -2.05. The highest BCUT2D eigenvalue weighted by Gasteiger charge is 2.46. The molecule has 0 radical (unpaired) electrons. The number of aliphatic hydroxyl groups is 5. The van der Waals surface area contributed by atoms with Crippen LogP contribution in [-0.4, -0.2) is 69.0 Å². The van der Waals surface area contributed by atoms with Gasteiger partial charge in [-0.2, -0.15) is 8.78 Å². The normalized spacial score (nSPS) is 26.3. The standard InChI is InChI=1S/C22H25ClF2O8/c1-10(27)20-18(29)17(28)19(30)21(33-20)32-16-8-12(9-26)7-15(23)14(16)6-11-2-4-13(5-3-11)31-22(24)25/h2-5,7-8,10,17-22,26-30H,6,9H2,1H3/t10?,17-,18-,19+,20+,21+/m0/s1. The number of benzene rings is 2. The van der Waals surface area contributed by atoms with Crippen molar-refractivity contribution in [3.63, 3.8) is 0 Å². The fourth-order valence-electron chi connectivity index (χ4n) is 3.52. The number of hydrogen-bond acceptors (Lipinski definition) is 8. The molecule has 1 unspecified atom stereocenters. The van der Waals surface area contributed by atoms with Gasteiger partial charge in [0, 0.05) is 17.0 Å². The van der Waals surface area contributed by atoms with Crippen LogP contribution in [-0.2, 0) is 17.8 Å². The van der Waals surface area contributed by atoms with Gasteiger partial charge in [-0.3, -0.25) is 0 Å². The third-order valence-electron chi connectivity index (χ3n) is 5.25. The predicted octanol–water partition coefficient (Wildman–Crippen LogP) is 1.59. The molecule has 1 aliphatic rings. The van der Waals surface area contributed by atoms with Crippen molar-refractivity contribution in [3.05, 3.63) is 58.1 Å². The Bertz CT molecular complexity index is 927. The van der Waals surface area contributed by atoms with E-state index in [1.807, 2.05) is 0 Å². The molecule has 33 heavy (non-hydrogen) atoms. The molecule has 0 aromatic heterocycles. The number of halogens is 3. The zero-order chi connectivity index (χ0) is 24.3. The second-order valence-electron chi connectivity index (χ2n) is 7.71. The van der Waals surface area contributed by atoms with Crippen molar-refractivity contribution < 1.29 is 48.5 Å². The first-order valence-corrected chi connectivity index (χ1v) is 10.5. The van der Waals surface area contributed by atoms with E-state index in [0.29, 0.717) is 16.7 Å². The molecule has 1 heterocycles. The maximum absolute atomic E-state index is 12.4. The van der Waals surface area contributed by atoms with E-state index in [2.05, 4.69) is 4.74 Å². The Balaban J connectivity index is 1.89. The van der Waals surface area contributed by atoms with Crippen molar-refractivity contribution in [1.82, 2.24) is 0 Å². The number of aliphatic hydroxyl groups excluding tert-OH is 5. The molecule has 0 spiro atoms. The second kappa shape index (κ2) is 10.9. The maximum Gasteiger partial charge on any atom is 0.387 e. The first-order chi connectivity index (χ1) is 15.6.